The van der Waals surface area contributed by atoms with Gasteiger partial charge in [0, 0.05) is 17.2 Å². The second-order valence-corrected chi connectivity index (χ2v) is 7.15. The SMILES string of the molecule is C/C=C\C1(C2CCCC2)C=CC(N)C(C2CCCC2)=C1N. The number of allylic oxidation sites excluding steroid dienone is 2. The van der Waals surface area contributed by atoms with Crippen molar-refractivity contribution in [3.63, 3.8) is 0 Å². The molecule has 0 amide bonds. The Balaban J connectivity index is 2.03. The van der Waals surface area contributed by atoms with Gasteiger partial charge >= 0.3 is 0 Å². The molecule has 0 aliphatic heterocycles. The summed E-state index contributed by atoms with van der Waals surface area (Å²) < 4.78 is 0. The monoisotopic (exact) mass is 286 g/mol. The topological polar surface area (TPSA) is 52.0 Å². The molecular formula is C19H30N2. The van der Waals surface area contributed by atoms with E-state index in [1.165, 1.54) is 56.9 Å². The highest BCUT2D eigenvalue weighted by molar-refractivity contribution is 5.42. The van der Waals surface area contributed by atoms with E-state index in [9.17, 15) is 0 Å². The quantitative estimate of drug-likeness (QED) is 0.769. The molecule has 3 aliphatic rings. The molecule has 4 N–H and O–H groups in total. The molecule has 2 saturated carbocycles. The molecule has 2 unspecified atom stereocenters. The molecule has 0 heterocycles. The molecule has 21 heavy (non-hydrogen) atoms. The van der Waals surface area contributed by atoms with E-state index in [4.69, 9.17) is 11.5 Å². The van der Waals surface area contributed by atoms with Crippen molar-refractivity contribution in [1.82, 2.24) is 0 Å². The summed E-state index contributed by atoms with van der Waals surface area (Å²) in [4.78, 5) is 0. The van der Waals surface area contributed by atoms with Crippen LogP contribution < -0.4 is 11.5 Å². The van der Waals surface area contributed by atoms with Crippen molar-refractivity contribution in [2.45, 2.75) is 64.3 Å². The van der Waals surface area contributed by atoms with Crippen LogP contribution in [0.15, 0.2) is 35.6 Å². The van der Waals surface area contributed by atoms with Crippen molar-refractivity contribution in [3.05, 3.63) is 35.6 Å². The van der Waals surface area contributed by atoms with Gasteiger partial charge in [0.15, 0.2) is 0 Å². The van der Waals surface area contributed by atoms with Gasteiger partial charge in [-0.25, -0.2) is 0 Å². The van der Waals surface area contributed by atoms with Gasteiger partial charge in [-0.2, -0.15) is 0 Å². The fraction of sp³-hybridized carbons (Fsp3) is 0.684. The predicted octanol–water partition coefficient (Wildman–Crippen LogP) is 4.04. The van der Waals surface area contributed by atoms with E-state index < -0.39 is 0 Å². The standard InChI is InChI=1S/C19H30N2/c1-2-12-19(15-9-5-6-10-15)13-11-16(20)17(18(19)21)14-7-3-4-8-14/h2,11-16H,3-10,20-21H2,1H3/b12-2-. The third-order valence-electron chi connectivity index (χ3n) is 5.98. The lowest BCUT2D eigenvalue weighted by molar-refractivity contribution is 0.336. The molecule has 0 saturated heterocycles. The van der Waals surface area contributed by atoms with Gasteiger partial charge in [0.05, 0.1) is 0 Å². The molecular weight excluding hydrogens is 256 g/mol. The van der Waals surface area contributed by atoms with Crippen molar-refractivity contribution < 1.29 is 0 Å². The van der Waals surface area contributed by atoms with Crippen molar-refractivity contribution in [3.8, 4) is 0 Å². The zero-order valence-electron chi connectivity index (χ0n) is 13.4. The van der Waals surface area contributed by atoms with Crippen LogP contribution in [-0.2, 0) is 0 Å². The zero-order valence-corrected chi connectivity index (χ0v) is 13.4. The van der Waals surface area contributed by atoms with E-state index in [0.717, 1.165) is 5.70 Å². The van der Waals surface area contributed by atoms with E-state index in [1.54, 1.807) is 0 Å². The van der Waals surface area contributed by atoms with Crippen molar-refractivity contribution in [2.75, 3.05) is 0 Å². The summed E-state index contributed by atoms with van der Waals surface area (Å²) in [6.07, 6.45) is 19.5. The lowest BCUT2D eigenvalue weighted by Gasteiger charge is -2.41. The van der Waals surface area contributed by atoms with Gasteiger partial charge in [-0.15, -0.1) is 0 Å². The maximum Gasteiger partial charge on any atom is 0.0486 e. The van der Waals surface area contributed by atoms with Crippen LogP contribution in [0.2, 0.25) is 0 Å². The fourth-order valence-electron chi connectivity index (χ4n) is 4.93. The predicted molar refractivity (Wildman–Crippen MR) is 89.5 cm³/mol. The van der Waals surface area contributed by atoms with Crippen LogP contribution in [0.3, 0.4) is 0 Å². The molecule has 2 heteroatoms. The summed E-state index contributed by atoms with van der Waals surface area (Å²) in [5.41, 5.74) is 15.6. The van der Waals surface area contributed by atoms with E-state index in [1.807, 2.05) is 0 Å². The number of hydrogen-bond donors (Lipinski definition) is 2. The molecule has 2 atom stereocenters. The van der Waals surface area contributed by atoms with Gasteiger partial charge in [0.1, 0.15) is 0 Å². The van der Waals surface area contributed by atoms with Crippen LogP contribution in [0.1, 0.15) is 58.3 Å². The Morgan fingerprint density at radius 3 is 2.33 bits per heavy atom. The van der Waals surface area contributed by atoms with Gasteiger partial charge in [-0.05, 0) is 50.0 Å². The Morgan fingerprint density at radius 2 is 1.71 bits per heavy atom. The molecule has 0 aromatic carbocycles. The molecule has 0 bridgehead atoms. The highest BCUT2D eigenvalue weighted by Crippen LogP contribution is 2.50. The number of rotatable bonds is 3. The molecule has 116 valence electrons. The van der Waals surface area contributed by atoms with E-state index in [0.29, 0.717) is 11.8 Å². The average molecular weight is 286 g/mol. The Kier molecular flexibility index (Phi) is 4.26. The Bertz CT molecular complexity index is 462. The first-order valence-corrected chi connectivity index (χ1v) is 8.78. The first kappa shape index (κ1) is 14.9. The van der Waals surface area contributed by atoms with E-state index in [2.05, 4.69) is 31.2 Å². The molecule has 3 aliphatic carbocycles. The minimum Gasteiger partial charge on any atom is -0.401 e. The van der Waals surface area contributed by atoms with Crippen LogP contribution in [0.5, 0.6) is 0 Å². The third-order valence-corrected chi connectivity index (χ3v) is 5.98. The maximum atomic E-state index is 6.79. The van der Waals surface area contributed by atoms with Crippen LogP contribution in [-0.4, -0.2) is 6.04 Å². The second kappa shape index (κ2) is 6.00. The molecule has 0 radical (unpaired) electrons. The summed E-state index contributed by atoms with van der Waals surface area (Å²) in [5, 5.41) is 0. The summed E-state index contributed by atoms with van der Waals surface area (Å²) in [6, 6.07) is 0.0351. The highest BCUT2D eigenvalue weighted by Gasteiger charge is 2.43. The largest absolute Gasteiger partial charge is 0.401 e. The van der Waals surface area contributed by atoms with Crippen molar-refractivity contribution >= 4 is 0 Å². The average Bonchev–Trinajstić information content (AvgIpc) is 3.15. The molecule has 0 aromatic rings. The van der Waals surface area contributed by atoms with E-state index in [-0.39, 0.29) is 11.5 Å². The summed E-state index contributed by atoms with van der Waals surface area (Å²) in [7, 11) is 0. The van der Waals surface area contributed by atoms with Crippen LogP contribution in [0.25, 0.3) is 0 Å². The summed E-state index contributed by atoms with van der Waals surface area (Å²) >= 11 is 0. The zero-order chi connectivity index (χ0) is 14.9. The van der Waals surface area contributed by atoms with Crippen molar-refractivity contribution in [2.24, 2.45) is 28.7 Å². The molecule has 3 rings (SSSR count). The lowest BCUT2D eigenvalue weighted by Crippen LogP contribution is -2.41. The van der Waals surface area contributed by atoms with Crippen LogP contribution >= 0.6 is 0 Å². The molecule has 2 nitrogen and oxygen atoms in total. The molecule has 0 spiro atoms. The van der Waals surface area contributed by atoms with E-state index >= 15 is 0 Å². The minimum atomic E-state index is -0.0565. The van der Waals surface area contributed by atoms with Gasteiger partial charge in [-0.3, -0.25) is 0 Å². The van der Waals surface area contributed by atoms with Crippen LogP contribution in [0, 0.1) is 17.3 Å². The van der Waals surface area contributed by atoms with Gasteiger partial charge < -0.3 is 11.5 Å². The minimum absolute atomic E-state index is 0.0351. The number of nitrogens with two attached hydrogens (primary N) is 2. The second-order valence-electron chi connectivity index (χ2n) is 7.15. The first-order chi connectivity index (χ1) is 10.2. The summed E-state index contributed by atoms with van der Waals surface area (Å²) in [5.74, 6) is 1.28. The normalized spacial score (nSPS) is 35.4. The Labute approximate surface area is 129 Å². The van der Waals surface area contributed by atoms with Gasteiger partial charge in [0.2, 0.25) is 0 Å². The maximum absolute atomic E-state index is 6.79. The van der Waals surface area contributed by atoms with Gasteiger partial charge in [0.25, 0.3) is 0 Å². The highest BCUT2D eigenvalue weighted by atomic mass is 14.7. The fourth-order valence-corrected chi connectivity index (χ4v) is 4.93. The lowest BCUT2D eigenvalue weighted by atomic mass is 9.65. The van der Waals surface area contributed by atoms with Crippen LogP contribution in [0.4, 0.5) is 0 Å². The van der Waals surface area contributed by atoms with Crippen molar-refractivity contribution in [1.29, 1.82) is 0 Å². The number of hydrogen-bond acceptors (Lipinski definition) is 2. The summed E-state index contributed by atoms with van der Waals surface area (Å²) in [6.45, 7) is 2.11. The molecule has 2 fully saturated rings. The Hall–Kier alpha value is -1.02. The molecule has 0 aromatic heterocycles. The Morgan fingerprint density at radius 1 is 1.10 bits per heavy atom. The first-order valence-electron chi connectivity index (χ1n) is 8.78. The smallest absolute Gasteiger partial charge is 0.0486 e. The van der Waals surface area contributed by atoms with Gasteiger partial charge in [-0.1, -0.05) is 50.0 Å². The third kappa shape index (κ3) is 2.48.